The maximum atomic E-state index is 11.9. The average Bonchev–Trinajstić information content (AvgIpc) is 2.36. The van der Waals surface area contributed by atoms with Crippen LogP contribution in [0.5, 0.6) is 0 Å². The molecular formula is C15H22N2O2S. The minimum atomic E-state index is -0.525. The van der Waals surface area contributed by atoms with Crippen molar-refractivity contribution in [2.75, 3.05) is 7.05 Å². The number of likely N-dealkylation sites (N-methyl/N-ethyl adjacent to an activating group) is 1. The maximum Gasteiger partial charge on any atom is 0.408 e. The van der Waals surface area contributed by atoms with Gasteiger partial charge in [0, 0.05) is 7.05 Å². The summed E-state index contributed by atoms with van der Waals surface area (Å²) in [5.74, 6) is 0. The highest BCUT2D eigenvalue weighted by Gasteiger charge is 2.21. The second-order valence-corrected chi connectivity index (χ2v) is 5.94. The molecule has 1 aromatic carbocycles. The van der Waals surface area contributed by atoms with Gasteiger partial charge in [-0.05, 0) is 32.8 Å². The van der Waals surface area contributed by atoms with Crippen LogP contribution < -0.4 is 10.6 Å². The lowest BCUT2D eigenvalue weighted by Gasteiger charge is -2.24. The molecule has 0 aliphatic heterocycles. The largest absolute Gasteiger partial charge is 0.444 e. The fourth-order valence-corrected chi connectivity index (χ4v) is 1.83. The summed E-state index contributed by atoms with van der Waals surface area (Å²) in [4.78, 5) is 12.4. The first kappa shape index (κ1) is 16.4. The van der Waals surface area contributed by atoms with Gasteiger partial charge in [-0.1, -0.05) is 42.5 Å². The Morgan fingerprint density at radius 2 is 1.90 bits per heavy atom. The maximum absolute atomic E-state index is 11.9. The summed E-state index contributed by atoms with van der Waals surface area (Å²) >= 11 is 5.25. The van der Waals surface area contributed by atoms with E-state index in [1.54, 1.807) is 7.05 Å². The molecule has 1 atom stereocenters. The molecule has 0 aromatic heterocycles. The van der Waals surface area contributed by atoms with E-state index in [1.807, 2.05) is 51.1 Å². The zero-order valence-electron chi connectivity index (χ0n) is 12.4. The Bertz CT molecular complexity index is 455. The number of ether oxygens (including phenoxy) is 1. The van der Waals surface area contributed by atoms with Crippen LogP contribution in [0.3, 0.4) is 0 Å². The van der Waals surface area contributed by atoms with Crippen LogP contribution in [0.1, 0.15) is 26.3 Å². The number of rotatable bonds is 4. The van der Waals surface area contributed by atoms with Crippen molar-refractivity contribution in [2.45, 2.75) is 38.8 Å². The lowest BCUT2D eigenvalue weighted by Crippen LogP contribution is -2.47. The third-order valence-corrected chi connectivity index (χ3v) is 3.03. The topological polar surface area (TPSA) is 50.4 Å². The Hall–Kier alpha value is -1.62. The standard InChI is InChI=1S/C15H22N2O2S/c1-15(2,3)19-14(18)17-12(13(20)16-4)10-11-8-6-5-7-9-11/h5-9,12H,10H2,1-4H3,(H,16,20)(H,17,18)/t12-/m0/s1. The molecule has 2 N–H and O–H groups in total. The van der Waals surface area contributed by atoms with Gasteiger partial charge in [0.1, 0.15) is 5.60 Å². The fourth-order valence-electron chi connectivity index (χ4n) is 1.68. The van der Waals surface area contributed by atoms with Gasteiger partial charge in [-0.25, -0.2) is 4.79 Å². The number of hydrogen-bond donors (Lipinski definition) is 2. The summed E-state index contributed by atoms with van der Waals surface area (Å²) in [6, 6.07) is 9.59. The fraction of sp³-hybridized carbons (Fsp3) is 0.467. The molecule has 0 aliphatic carbocycles. The molecule has 0 bridgehead atoms. The lowest BCUT2D eigenvalue weighted by molar-refractivity contribution is 0.0518. The first-order valence-electron chi connectivity index (χ1n) is 6.57. The minimum Gasteiger partial charge on any atom is -0.444 e. The van der Waals surface area contributed by atoms with E-state index in [0.29, 0.717) is 11.4 Å². The Balaban J connectivity index is 2.70. The summed E-state index contributed by atoms with van der Waals surface area (Å²) in [5.41, 5.74) is 0.578. The molecule has 1 aromatic rings. The number of thiocarbonyl (C=S) groups is 1. The van der Waals surface area contributed by atoms with E-state index in [0.717, 1.165) is 5.56 Å². The highest BCUT2D eigenvalue weighted by Crippen LogP contribution is 2.09. The van der Waals surface area contributed by atoms with Crippen molar-refractivity contribution in [3.8, 4) is 0 Å². The molecule has 20 heavy (non-hydrogen) atoms. The number of hydrogen-bond acceptors (Lipinski definition) is 3. The minimum absolute atomic E-state index is 0.285. The monoisotopic (exact) mass is 294 g/mol. The molecule has 4 nitrogen and oxygen atoms in total. The second-order valence-electron chi connectivity index (χ2n) is 5.50. The van der Waals surface area contributed by atoms with Gasteiger partial charge in [0.25, 0.3) is 0 Å². The molecule has 1 rings (SSSR count). The number of alkyl carbamates (subject to hydrolysis) is 1. The van der Waals surface area contributed by atoms with Crippen LogP contribution in [0.2, 0.25) is 0 Å². The molecule has 5 heteroatoms. The number of carbonyl (C=O) groups is 1. The van der Waals surface area contributed by atoms with Crippen LogP contribution in [0.4, 0.5) is 4.79 Å². The van der Waals surface area contributed by atoms with Crippen molar-refractivity contribution in [1.82, 2.24) is 10.6 Å². The molecule has 1 amide bonds. The Labute approximate surface area is 125 Å². The van der Waals surface area contributed by atoms with Crippen molar-refractivity contribution in [3.63, 3.8) is 0 Å². The zero-order chi connectivity index (χ0) is 15.2. The molecule has 110 valence electrons. The summed E-state index contributed by atoms with van der Waals surface area (Å²) in [6.07, 6.45) is 0.163. The zero-order valence-corrected chi connectivity index (χ0v) is 13.2. The first-order chi connectivity index (χ1) is 9.31. The molecule has 0 saturated heterocycles. The van der Waals surface area contributed by atoms with Crippen LogP contribution in [0.15, 0.2) is 30.3 Å². The molecule has 0 saturated carbocycles. The Kier molecular flexibility index (Phi) is 5.95. The molecule has 0 fully saturated rings. The predicted molar refractivity (Wildman–Crippen MR) is 85.0 cm³/mol. The van der Waals surface area contributed by atoms with Crippen molar-refractivity contribution in [3.05, 3.63) is 35.9 Å². The number of amides is 1. The summed E-state index contributed by atoms with van der Waals surface area (Å²) in [6.45, 7) is 5.49. The first-order valence-corrected chi connectivity index (χ1v) is 6.97. The van der Waals surface area contributed by atoms with E-state index in [9.17, 15) is 4.79 Å². The van der Waals surface area contributed by atoms with Gasteiger partial charge in [-0.15, -0.1) is 0 Å². The van der Waals surface area contributed by atoms with Gasteiger partial charge in [-0.2, -0.15) is 0 Å². The number of benzene rings is 1. The molecule has 0 unspecified atom stereocenters. The van der Waals surface area contributed by atoms with E-state index >= 15 is 0 Å². The van der Waals surface area contributed by atoms with E-state index in [1.165, 1.54) is 0 Å². The third kappa shape index (κ3) is 6.02. The molecule has 0 heterocycles. The van der Waals surface area contributed by atoms with Gasteiger partial charge in [0.15, 0.2) is 0 Å². The predicted octanol–water partition coefficient (Wildman–Crippen LogP) is 2.67. The molecule has 0 radical (unpaired) electrons. The second kappa shape index (κ2) is 7.24. The third-order valence-electron chi connectivity index (χ3n) is 2.54. The van der Waals surface area contributed by atoms with Crippen molar-refractivity contribution < 1.29 is 9.53 Å². The highest BCUT2D eigenvalue weighted by atomic mass is 32.1. The van der Waals surface area contributed by atoms with Gasteiger partial charge in [0.2, 0.25) is 0 Å². The molecular weight excluding hydrogens is 272 g/mol. The summed E-state index contributed by atoms with van der Waals surface area (Å²) in [5, 5.41) is 5.72. The SMILES string of the molecule is CNC(=S)[C@H](Cc1ccccc1)NC(=O)OC(C)(C)C. The Morgan fingerprint density at radius 1 is 1.30 bits per heavy atom. The van der Waals surface area contributed by atoms with E-state index in [2.05, 4.69) is 10.6 Å². The number of carbonyl (C=O) groups excluding carboxylic acids is 1. The van der Waals surface area contributed by atoms with E-state index in [-0.39, 0.29) is 6.04 Å². The van der Waals surface area contributed by atoms with Crippen LogP contribution in [0.25, 0.3) is 0 Å². The average molecular weight is 294 g/mol. The van der Waals surface area contributed by atoms with E-state index < -0.39 is 11.7 Å². The summed E-state index contributed by atoms with van der Waals surface area (Å²) in [7, 11) is 1.75. The van der Waals surface area contributed by atoms with Gasteiger partial charge in [-0.3, -0.25) is 0 Å². The summed E-state index contributed by atoms with van der Waals surface area (Å²) < 4.78 is 5.26. The number of nitrogens with one attached hydrogen (secondary N) is 2. The molecule has 0 aliphatic rings. The van der Waals surface area contributed by atoms with Crippen LogP contribution >= 0.6 is 12.2 Å². The van der Waals surface area contributed by atoms with Crippen LogP contribution in [0, 0.1) is 0 Å². The van der Waals surface area contributed by atoms with Crippen LogP contribution in [-0.4, -0.2) is 29.8 Å². The van der Waals surface area contributed by atoms with Crippen LogP contribution in [-0.2, 0) is 11.2 Å². The van der Waals surface area contributed by atoms with Gasteiger partial charge >= 0.3 is 6.09 Å². The van der Waals surface area contributed by atoms with Crippen molar-refractivity contribution in [1.29, 1.82) is 0 Å². The highest BCUT2D eigenvalue weighted by molar-refractivity contribution is 7.80. The normalized spacial score (nSPS) is 12.4. The Morgan fingerprint density at radius 3 is 2.40 bits per heavy atom. The van der Waals surface area contributed by atoms with Crippen molar-refractivity contribution >= 4 is 23.3 Å². The quantitative estimate of drug-likeness (QED) is 0.838. The lowest BCUT2D eigenvalue weighted by atomic mass is 10.1. The van der Waals surface area contributed by atoms with Crippen molar-refractivity contribution in [2.24, 2.45) is 0 Å². The van der Waals surface area contributed by atoms with Gasteiger partial charge in [0.05, 0.1) is 11.0 Å². The smallest absolute Gasteiger partial charge is 0.408 e. The van der Waals surface area contributed by atoms with Gasteiger partial charge < -0.3 is 15.4 Å². The molecule has 0 spiro atoms. The van der Waals surface area contributed by atoms with E-state index in [4.69, 9.17) is 17.0 Å².